The summed E-state index contributed by atoms with van der Waals surface area (Å²) in [7, 11) is 0.604. The Bertz CT molecular complexity index is 645. The maximum absolute atomic E-state index is 12.2. The van der Waals surface area contributed by atoms with Gasteiger partial charge in [-0.3, -0.25) is 4.79 Å². The summed E-state index contributed by atoms with van der Waals surface area (Å²) in [4.78, 5) is 24.1. The Morgan fingerprint density at radius 3 is 2.48 bits per heavy atom. The molecular weight excluding hydrogens is 316 g/mol. The number of aromatic nitrogens is 2. The second-order valence-corrected chi connectivity index (χ2v) is 8.25. The first-order valence-corrected chi connectivity index (χ1v) is 9.67. The van der Waals surface area contributed by atoms with Crippen LogP contribution in [0.15, 0.2) is 12.4 Å². The first-order valence-electron chi connectivity index (χ1n) is 7.85. The fraction of sp³-hybridized carbons (Fsp3) is 0.667. The molecule has 7 nitrogen and oxygen atoms in total. The Morgan fingerprint density at radius 2 is 1.96 bits per heavy atom. The summed E-state index contributed by atoms with van der Waals surface area (Å²) < 4.78 is 23.1. The molecule has 1 atom stereocenters. The van der Waals surface area contributed by atoms with Gasteiger partial charge in [-0.25, -0.2) is 18.4 Å². The summed E-state index contributed by atoms with van der Waals surface area (Å²) in [6.45, 7) is 2.78. The molecule has 2 rings (SSSR count). The van der Waals surface area contributed by atoms with Gasteiger partial charge in [-0.05, 0) is 12.8 Å². The van der Waals surface area contributed by atoms with Crippen molar-refractivity contribution in [1.82, 2.24) is 14.9 Å². The highest BCUT2D eigenvalue weighted by Gasteiger charge is 2.31. The van der Waals surface area contributed by atoms with E-state index in [0.29, 0.717) is 24.5 Å². The van der Waals surface area contributed by atoms with Crippen LogP contribution in [0.25, 0.3) is 0 Å². The molecule has 8 heteroatoms. The van der Waals surface area contributed by atoms with Crippen LogP contribution < -0.4 is 4.90 Å². The van der Waals surface area contributed by atoms with Crippen molar-refractivity contribution in [3.05, 3.63) is 18.0 Å². The van der Waals surface area contributed by atoms with Crippen molar-refractivity contribution < 1.29 is 13.2 Å². The van der Waals surface area contributed by atoms with E-state index in [0.717, 1.165) is 12.8 Å². The molecule has 1 aliphatic heterocycles. The Hall–Kier alpha value is -1.70. The van der Waals surface area contributed by atoms with Gasteiger partial charge >= 0.3 is 0 Å². The third kappa shape index (κ3) is 4.40. The maximum Gasteiger partial charge on any atom is 0.256 e. The third-order valence-electron chi connectivity index (χ3n) is 4.15. The van der Waals surface area contributed by atoms with Crippen LogP contribution in [0, 0.1) is 0 Å². The van der Waals surface area contributed by atoms with E-state index in [1.54, 1.807) is 23.9 Å². The molecule has 1 saturated heterocycles. The monoisotopic (exact) mass is 340 g/mol. The van der Waals surface area contributed by atoms with Crippen LogP contribution in [0.5, 0.6) is 0 Å². The summed E-state index contributed by atoms with van der Waals surface area (Å²) in [5, 5.41) is 0. The predicted octanol–water partition coefficient (Wildman–Crippen LogP) is 0.972. The molecule has 1 aromatic heterocycles. The lowest BCUT2D eigenvalue weighted by atomic mass is 10.2. The molecule has 0 spiro atoms. The summed E-state index contributed by atoms with van der Waals surface area (Å²) in [6.07, 6.45) is 5.59. The van der Waals surface area contributed by atoms with Gasteiger partial charge in [0.15, 0.2) is 9.84 Å². The molecule has 0 radical (unpaired) electrons. The summed E-state index contributed by atoms with van der Waals surface area (Å²) in [6, 6.07) is -0.103. The molecule has 1 aliphatic rings. The number of amides is 1. The molecule has 1 unspecified atom stereocenters. The van der Waals surface area contributed by atoms with Crippen molar-refractivity contribution in [2.24, 2.45) is 0 Å². The van der Waals surface area contributed by atoms with Gasteiger partial charge in [-0.2, -0.15) is 0 Å². The van der Waals surface area contributed by atoms with Gasteiger partial charge in [0.2, 0.25) is 5.95 Å². The highest BCUT2D eigenvalue weighted by atomic mass is 32.2. The number of hydrogen-bond acceptors (Lipinski definition) is 6. The van der Waals surface area contributed by atoms with Crippen LogP contribution in [0.3, 0.4) is 0 Å². The van der Waals surface area contributed by atoms with Gasteiger partial charge in [-0.1, -0.05) is 13.3 Å². The third-order valence-corrected chi connectivity index (χ3v) is 5.90. The molecule has 1 aromatic rings. The molecule has 0 aliphatic carbocycles. The molecule has 23 heavy (non-hydrogen) atoms. The number of sulfone groups is 1. The molecule has 0 aromatic carbocycles. The van der Waals surface area contributed by atoms with Gasteiger partial charge in [0.05, 0.1) is 17.1 Å². The van der Waals surface area contributed by atoms with Crippen molar-refractivity contribution in [1.29, 1.82) is 0 Å². The van der Waals surface area contributed by atoms with Crippen LogP contribution >= 0.6 is 0 Å². The summed E-state index contributed by atoms with van der Waals surface area (Å²) in [5.41, 5.74) is 0.444. The lowest BCUT2D eigenvalue weighted by Crippen LogP contribution is -2.34. The number of hydrogen-bond donors (Lipinski definition) is 0. The van der Waals surface area contributed by atoms with Crippen LogP contribution in [-0.4, -0.2) is 67.4 Å². The van der Waals surface area contributed by atoms with Crippen LogP contribution in [0.2, 0.25) is 0 Å². The van der Waals surface area contributed by atoms with Gasteiger partial charge < -0.3 is 9.80 Å². The molecule has 128 valence electrons. The topological polar surface area (TPSA) is 83.5 Å². The molecule has 2 heterocycles. The molecule has 0 bridgehead atoms. The van der Waals surface area contributed by atoms with E-state index in [9.17, 15) is 13.2 Å². The number of nitrogens with zero attached hydrogens (tertiary/aromatic N) is 4. The van der Waals surface area contributed by atoms with Gasteiger partial charge in [-0.15, -0.1) is 0 Å². The average molecular weight is 340 g/mol. The minimum atomic E-state index is -2.95. The fourth-order valence-corrected chi connectivity index (χ4v) is 4.35. The number of anilines is 1. The predicted molar refractivity (Wildman–Crippen MR) is 89.4 cm³/mol. The zero-order chi connectivity index (χ0) is 17.0. The largest absolute Gasteiger partial charge is 0.342 e. The van der Waals surface area contributed by atoms with E-state index in [1.807, 2.05) is 0 Å². The fourth-order valence-electron chi connectivity index (χ4n) is 2.58. The van der Waals surface area contributed by atoms with Gasteiger partial charge in [0.25, 0.3) is 5.91 Å². The Kier molecular flexibility index (Phi) is 5.56. The normalized spacial score (nSPS) is 19.5. The lowest BCUT2D eigenvalue weighted by Gasteiger charge is -2.23. The van der Waals surface area contributed by atoms with Crippen LogP contribution in [-0.2, 0) is 9.84 Å². The van der Waals surface area contributed by atoms with Crippen molar-refractivity contribution in [3.8, 4) is 0 Å². The Morgan fingerprint density at radius 1 is 1.30 bits per heavy atom. The number of unbranched alkanes of at least 4 members (excludes halogenated alkanes) is 1. The quantitative estimate of drug-likeness (QED) is 0.767. The zero-order valence-electron chi connectivity index (χ0n) is 13.9. The van der Waals surface area contributed by atoms with Crippen LogP contribution in [0.4, 0.5) is 5.95 Å². The van der Waals surface area contributed by atoms with Crippen LogP contribution in [0.1, 0.15) is 36.5 Å². The highest BCUT2D eigenvalue weighted by Crippen LogP contribution is 2.20. The molecular formula is C15H24N4O3S. The highest BCUT2D eigenvalue weighted by molar-refractivity contribution is 7.91. The van der Waals surface area contributed by atoms with E-state index >= 15 is 0 Å². The molecule has 1 fully saturated rings. The van der Waals surface area contributed by atoms with E-state index < -0.39 is 9.84 Å². The van der Waals surface area contributed by atoms with Gasteiger partial charge in [0.1, 0.15) is 0 Å². The van der Waals surface area contributed by atoms with Crippen molar-refractivity contribution in [2.75, 3.05) is 37.0 Å². The minimum absolute atomic E-state index is 0.101. The first-order chi connectivity index (χ1) is 10.8. The van der Waals surface area contributed by atoms with Crippen molar-refractivity contribution >= 4 is 21.7 Å². The number of carbonyl (C=O) groups is 1. The van der Waals surface area contributed by atoms with E-state index in [-0.39, 0.29) is 23.5 Å². The first kappa shape index (κ1) is 17.7. The lowest BCUT2D eigenvalue weighted by molar-refractivity contribution is 0.0792. The smallest absolute Gasteiger partial charge is 0.256 e. The Balaban J connectivity index is 2.03. The summed E-state index contributed by atoms with van der Waals surface area (Å²) >= 11 is 0. The average Bonchev–Trinajstić information content (AvgIpc) is 2.91. The van der Waals surface area contributed by atoms with E-state index in [4.69, 9.17) is 0 Å². The SMILES string of the molecule is CCCCN(C)C(=O)c1cnc(N(C)C2CCS(=O)(=O)C2)nc1. The number of carbonyl (C=O) groups excluding carboxylic acids is 1. The van der Waals surface area contributed by atoms with E-state index in [2.05, 4.69) is 16.9 Å². The molecule has 0 saturated carbocycles. The molecule has 0 N–H and O–H groups in total. The number of rotatable bonds is 6. The maximum atomic E-state index is 12.2. The van der Waals surface area contributed by atoms with Crippen molar-refractivity contribution in [3.63, 3.8) is 0 Å². The van der Waals surface area contributed by atoms with E-state index in [1.165, 1.54) is 12.4 Å². The molecule has 1 amide bonds. The van der Waals surface area contributed by atoms with Gasteiger partial charge in [0, 0.05) is 39.1 Å². The summed E-state index contributed by atoms with van der Waals surface area (Å²) in [5.74, 6) is 0.685. The minimum Gasteiger partial charge on any atom is -0.342 e. The van der Waals surface area contributed by atoms with Crippen molar-refractivity contribution in [2.45, 2.75) is 32.2 Å². The second-order valence-electron chi connectivity index (χ2n) is 6.02. The Labute approximate surface area is 137 Å². The standard InChI is InChI=1S/C15H24N4O3S/c1-4-5-7-18(2)14(20)12-9-16-15(17-10-12)19(3)13-6-8-23(21,22)11-13/h9-10,13H,4-8,11H2,1-3H3. The zero-order valence-corrected chi connectivity index (χ0v) is 14.7. The second kappa shape index (κ2) is 7.25.